The molecule has 1 saturated heterocycles. The third kappa shape index (κ3) is 7.59. The van der Waals surface area contributed by atoms with Crippen LogP contribution in [0.15, 0.2) is 4.99 Å². The van der Waals surface area contributed by atoms with Crippen LogP contribution in [0.3, 0.4) is 0 Å². The SMILES string of the molecule is CN=C(NCC(=O)N1CCCCC1)NCC(C)C.I. The molecule has 0 aliphatic carbocycles. The third-order valence-corrected chi connectivity index (χ3v) is 3.02. The largest absolute Gasteiger partial charge is 0.356 e. The number of nitrogens with zero attached hydrogens (tertiary/aromatic N) is 2. The number of piperidine rings is 1. The smallest absolute Gasteiger partial charge is 0.241 e. The monoisotopic (exact) mass is 382 g/mol. The van der Waals surface area contributed by atoms with Crippen LogP contribution in [-0.4, -0.2) is 50.0 Å². The quantitative estimate of drug-likeness (QED) is 0.440. The lowest BCUT2D eigenvalue weighted by Crippen LogP contribution is -2.46. The number of amides is 1. The van der Waals surface area contributed by atoms with E-state index in [0.29, 0.717) is 18.4 Å². The lowest BCUT2D eigenvalue weighted by Gasteiger charge is -2.27. The molecule has 1 aliphatic rings. The number of hydrogen-bond donors (Lipinski definition) is 2. The summed E-state index contributed by atoms with van der Waals surface area (Å²) in [6.07, 6.45) is 3.51. The van der Waals surface area contributed by atoms with Crippen LogP contribution in [0.1, 0.15) is 33.1 Å². The molecule has 0 unspecified atom stereocenters. The van der Waals surface area contributed by atoms with Gasteiger partial charge in [-0.3, -0.25) is 9.79 Å². The van der Waals surface area contributed by atoms with Gasteiger partial charge in [0.05, 0.1) is 6.54 Å². The fourth-order valence-corrected chi connectivity index (χ4v) is 1.94. The molecular formula is C13H27IN4O. The molecule has 5 nitrogen and oxygen atoms in total. The Morgan fingerprint density at radius 2 is 1.84 bits per heavy atom. The van der Waals surface area contributed by atoms with E-state index < -0.39 is 0 Å². The van der Waals surface area contributed by atoms with Gasteiger partial charge in [-0.2, -0.15) is 0 Å². The molecule has 0 saturated carbocycles. The van der Waals surface area contributed by atoms with Gasteiger partial charge >= 0.3 is 0 Å². The Kier molecular flexibility index (Phi) is 9.99. The lowest BCUT2D eigenvalue weighted by molar-refractivity contribution is -0.130. The van der Waals surface area contributed by atoms with E-state index in [2.05, 4.69) is 29.5 Å². The van der Waals surface area contributed by atoms with Crippen LogP contribution in [-0.2, 0) is 4.79 Å². The summed E-state index contributed by atoms with van der Waals surface area (Å²) in [4.78, 5) is 18.0. The highest BCUT2D eigenvalue weighted by Gasteiger charge is 2.16. The minimum absolute atomic E-state index is 0. The second-order valence-electron chi connectivity index (χ2n) is 5.14. The van der Waals surface area contributed by atoms with Gasteiger partial charge in [-0.05, 0) is 25.2 Å². The first kappa shape index (κ1) is 18.5. The summed E-state index contributed by atoms with van der Waals surface area (Å²) in [6, 6.07) is 0. The molecule has 1 aliphatic heterocycles. The number of nitrogens with one attached hydrogen (secondary N) is 2. The molecule has 0 aromatic carbocycles. The van der Waals surface area contributed by atoms with E-state index >= 15 is 0 Å². The predicted molar refractivity (Wildman–Crippen MR) is 90.0 cm³/mol. The highest BCUT2D eigenvalue weighted by Crippen LogP contribution is 2.08. The van der Waals surface area contributed by atoms with Gasteiger partial charge < -0.3 is 15.5 Å². The van der Waals surface area contributed by atoms with Crippen molar-refractivity contribution in [3.05, 3.63) is 0 Å². The Bertz CT molecular complexity index is 288. The molecule has 0 aromatic rings. The van der Waals surface area contributed by atoms with Gasteiger partial charge in [-0.15, -0.1) is 24.0 Å². The van der Waals surface area contributed by atoms with Crippen molar-refractivity contribution in [2.24, 2.45) is 10.9 Å². The first-order valence-corrected chi connectivity index (χ1v) is 6.85. The number of halogens is 1. The summed E-state index contributed by atoms with van der Waals surface area (Å²) in [5, 5.41) is 6.26. The van der Waals surface area contributed by atoms with Gasteiger partial charge in [0.15, 0.2) is 5.96 Å². The molecule has 19 heavy (non-hydrogen) atoms. The van der Waals surface area contributed by atoms with Crippen molar-refractivity contribution in [1.29, 1.82) is 0 Å². The molecule has 1 heterocycles. The molecule has 6 heteroatoms. The second-order valence-corrected chi connectivity index (χ2v) is 5.14. The Morgan fingerprint density at radius 3 is 2.37 bits per heavy atom. The van der Waals surface area contributed by atoms with E-state index in [9.17, 15) is 4.79 Å². The molecular weight excluding hydrogens is 355 g/mol. The van der Waals surface area contributed by atoms with E-state index in [0.717, 1.165) is 32.5 Å². The second kappa shape index (κ2) is 10.3. The number of hydrogen-bond acceptors (Lipinski definition) is 2. The number of carbonyl (C=O) groups excluding carboxylic acids is 1. The molecule has 1 amide bonds. The van der Waals surface area contributed by atoms with Crippen LogP contribution >= 0.6 is 24.0 Å². The fourth-order valence-electron chi connectivity index (χ4n) is 1.94. The summed E-state index contributed by atoms with van der Waals surface area (Å²) in [6.45, 7) is 7.27. The molecule has 0 radical (unpaired) electrons. The molecule has 2 N–H and O–H groups in total. The van der Waals surface area contributed by atoms with Crippen molar-refractivity contribution in [3.8, 4) is 0 Å². The molecule has 1 fully saturated rings. The summed E-state index contributed by atoms with van der Waals surface area (Å²) in [5.74, 6) is 1.43. The van der Waals surface area contributed by atoms with E-state index in [1.54, 1.807) is 7.05 Å². The summed E-state index contributed by atoms with van der Waals surface area (Å²) in [7, 11) is 1.72. The average Bonchev–Trinajstić information content (AvgIpc) is 2.39. The van der Waals surface area contributed by atoms with E-state index in [-0.39, 0.29) is 29.9 Å². The molecule has 0 aromatic heterocycles. The first-order chi connectivity index (χ1) is 8.63. The number of guanidine groups is 1. The van der Waals surface area contributed by atoms with E-state index in [1.807, 2.05) is 4.90 Å². The van der Waals surface area contributed by atoms with Gasteiger partial charge in [-0.25, -0.2) is 0 Å². The van der Waals surface area contributed by atoms with Crippen molar-refractivity contribution < 1.29 is 4.79 Å². The Balaban J connectivity index is 0.00000324. The predicted octanol–water partition coefficient (Wildman–Crippen LogP) is 1.44. The van der Waals surface area contributed by atoms with Crippen molar-refractivity contribution >= 4 is 35.8 Å². The van der Waals surface area contributed by atoms with Gasteiger partial charge in [0, 0.05) is 26.7 Å². The van der Waals surface area contributed by atoms with Gasteiger partial charge in [0.1, 0.15) is 0 Å². The third-order valence-electron chi connectivity index (χ3n) is 3.02. The van der Waals surface area contributed by atoms with Gasteiger partial charge in [-0.1, -0.05) is 13.8 Å². The highest BCUT2D eigenvalue weighted by molar-refractivity contribution is 14.0. The van der Waals surface area contributed by atoms with Crippen LogP contribution in [0.2, 0.25) is 0 Å². The van der Waals surface area contributed by atoms with Crippen LogP contribution in [0.5, 0.6) is 0 Å². The van der Waals surface area contributed by atoms with Crippen molar-refractivity contribution in [2.45, 2.75) is 33.1 Å². The van der Waals surface area contributed by atoms with Crippen molar-refractivity contribution in [3.63, 3.8) is 0 Å². The molecule has 0 bridgehead atoms. The minimum Gasteiger partial charge on any atom is -0.356 e. The maximum atomic E-state index is 11.9. The topological polar surface area (TPSA) is 56.7 Å². The number of aliphatic imine (C=N–C) groups is 1. The van der Waals surface area contributed by atoms with Crippen molar-refractivity contribution in [2.75, 3.05) is 33.2 Å². The maximum absolute atomic E-state index is 11.9. The summed E-state index contributed by atoms with van der Waals surface area (Å²) < 4.78 is 0. The summed E-state index contributed by atoms with van der Waals surface area (Å²) >= 11 is 0. The minimum atomic E-state index is 0. The highest BCUT2D eigenvalue weighted by atomic mass is 127. The zero-order chi connectivity index (χ0) is 13.4. The zero-order valence-corrected chi connectivity index (χ0v) is 14.6. The zero-order valence-electron chi connectivity index (χ0n) is 12.2. The fraction of sp³-hybridized carbons (Fsp3) is 0.846. The Morgan fingerprint density at radius 1 is 1.21 bits per heavy atom. The Hall–Kier alpha value is -0.530. The molecule has 0 spiro atoms. The Labute approximate surface area is 133 Å². The molecule has 1 rings (SSSR count). The van der Waals surface area contributed by atoms with Crippen molar-refractivity contribution in [1.82, 2.24) is 15.5 Å². The lowest BCUT2D eigenvalue weighted by atomic mass is 10.1. The maximum Gasteiger partial charge on any atom is 0.241 e. The first-order valence-electron chi connectivity index (χ1n) is 6.85. The standard InChI is InChI=1S/C13H26N4O.HI/c1-11(2)9-15-13(14-3)16-10-12(18)17-7-5-4-6-8-17;/h11H,4-10H2,1-3H3,(H2,14,15,16);1H. The van der Waals surface area contributed by atoms with Gasteiger partial charge in [0.25, 0.3) is 0 Å². The van der Waals surface area contributed by atoms with Crippen LogP contribution in [0.4, 0.5) is 0 Å². The normalized spacial score (nSPS) is 16.0. The van der Waals surface area contributed by atoms with E-state index in [4.69, 9.17) is 0 Å². The number of rotatable bonds is 4. The van der Waals surface area contributed by atoms with Gasteiger partial charge in [0.2, 0.25) is 5.91 Å². The van der Waals surface area contributed by atoms with Crippen LogP contribution in [0, 0.1) is 5.92 Å². The molecule has 0 atom stereocenters. The van der Waals surface area contributed by atoms with Crippen LogP contribution in [0.25, 0.3) is 0 Å². The average molecular weight is 382 g/mol. The number of carbonyl (C=O) groups is 1. The molecule has 112 valence electrons. The number of likely N-dealkylation sites (tertiary alicyclic amines) is 1. The van der Waals surface area contributed by atoms with Crippen LogP contribution < -0.4 is 10.6 Å². The van der Waals surface area contributed by atoms with E-state index in [1.165, 1.54) is 6.42 Å². The summed E-state index contributed by atoms with van der Waals surface area (Å²) in [5.41, 5.74) is 0.